The summed E-state index contributed by atoms with van der Waals surface area (Å²) in [6.07, 6.45) is 0. The van der Waals surface area contributed by atoms with Crippen molar-refractivity contribution in [1.29, 1.82) is 0 Å². The first-order valence-corrected chi connectivity index (χ1v) is 3.16. The second-order valence-corrected chi connectivity index (χ2v) is 2.06. The molecule has 0 aromatic heterocycles. The van der Waals surface area contributed by atoms with E-state index in [2.05, 4.69) is 10.2 Å². The first kappa shape index (κ1) is 7.42. The van der Waals surface area contributed by atoms with Crippen LogP contribution in [0.15, 0.2) is 18.2 Å². The minimum absolute atomic E-state index is 0.112. The predicted molar refractivity (Wildman–Crippen MR) is 43.9 cm³/mol. The summed E-state index contributed by atoms with van der Waals surface area (Å²) in [5.41, 5.74) is 1.08. The van der Waals surface area contributed by atoms with Crippen molar-refractivity contribution in [3.05, 3.63) is 29.6 Å². The number of aromatic hydroxyl groups is 1. The zero-order chi connectivity index (χ0) is 8.27. The zero-order valence-corrected chi connectivity index (χ0v) is 6.13. The Morgan fingerprint density at radius 2 is 2.27 bits per heavy atom. The van der Waals surface area contributed by atoms with Crippen LogP contribution in [-0.2, 0) is 0 Å². The standard InChI is InChI=1S/C8H8N2O/c1-9-6-3-4-7(10-2)8(11)5-6/h3-5,10-11H,2H3. The van der Waals surface area contributed by atoms with E-state index in [1.54, 1.807) is 19.2 Å². The summed E-state index contributed by atoms with van der Waals surface area (Å²) in [6.45, 7) is 6.66. The normalized spacial score (nSPS) is 8.73. The van der Waals surface area contributed by atoms with Crippen molar-refractivity contribution in [2.45, 2.75) is 0 Å². The molecule has 0 saturated heterocycles. The number of nitrogens with one attached hydrogen (secondary N) is 1. The van der Waals surface area contributed by atoms with E-state index in [1.165, 1.54) is 6.07 Å². The lowest BCUT2D eigenvalue weighted by Gasteiger charge is -2.02. The van der Waals surface area contributed by atoms with E-state index in [0.29, 0.717) is 11.4 Å². The van der Waals surface area contributed by atoms with Gasteiger partial charge in [0.1, 0.15) is 5.75 Å². The summed E-state index contributed by atoms with van der Waals surface area (Å²) in [7, 11) is 1.71. The lowest BCUT2D eigenvalue weighted by molar-refractivity contribution is 0.478. The molecule has 0 aliphatic carbocycles. The Labute approximate surface area is 65.1 Å². The van der Waals surface area contributed by atoms with Crippen LogP contribution in [0.5, 0.6) is 5.75 Å². The summed E-state index contributed by atoms with van der Waals surface area (Å²) in [6, 6.07) is 4.75. The first-order valence-electron chi connectivity index (χ1n) is 3.16. The quantitative estimate of drug-likeness (QED) is 0.472. The molecule has 0 fully saturated rings. The number of hydrogen-bond donors (Lipinski definition) is 2. The van der Waals surface area contributed by atoms with Crippen LogP contribution in [0.3, 0.4) is 0 Å². The van der Waals surface area contributed by atoms with Gasteiger partial charge in [0.2, 0.25) is 0 Å². The van der Waals surface area contributed by atoms with Crippen molar-refractivity contribution < 1.29 is 5.11 Å². The van der Waals surface area contributed by atoms with E-state index in [9.17, 15) is 5.11 Å². The summed E-state index contributed by atoms with van der Waals surface area (Å²) in [4.78, 5) is 3.17. The summed E-state index contributed by atoms with van der Waals surface area (Å²) < 4.78 is 0. The predicted octanol–water partition coefficient (Wildman–Crippen LogP) is 1.98. The number of phenols is 1. The molecular weight excluding hydrogens is 140 g/mol. The molecule has 2 N–H and O–H groups in total. The number of rotatable bonds is 1. The van der Waals surface area contributed by atoms with Crippen molar-refractivity contribution in [2.24, 2.45) is 0 Å². The molecule has 0 unspecified atom stereocenters. The number of anilines is 1. The molecule has 3 nitrogen and oxygen atoms in total. The van der Waals surface area contributed by atoms with Gasteiger partial charge in [-0.15, -0.1) is 0 Å². The summed E-state index contributed by atoms with van der Waals surface area (Å²) in [5, 5.41) is 12.0. The van der Waals surface area contributed by atoms with Gasteiger partial charge in [-0.1, -0.05) is 6.07 Å². The Bertz CT molecular complexity index is 301. The van der Waals surface area contributed by atoms with Crippen molar-refractivity contribution >= 4 is 11.4 Å². The third-order valence-corrected chi connectivity index (χ3v) is 1.38. The Kier molecular flexibility index (Phi) is 1.98. The van der Waals surface area contributed by atoms with Gasteiger partial charge in [-0.25, -0.2) is 4.85 Å². The van der Waals surface area contributed by atoms with Gasteiger partial charge in [0, 0.05) is 7.05 Å². The highest BCUT2D eigenvalue weighted by molar-refractivity contribution is 5.63. The molecule has 56 valence electrons. The van der Waals surface area contributed by atoms with Crippen molar-refractivity contribution in [2.75, 3.05) is 12.4 Å². The lowest BCUT2D eigenvalue weighted by Crippen LogP contribution is -1.86. The molecule has 0 amide bonds. The molecule has 0 aliphatic heterocycles. The SMILES string of the molecule is [C-]#[N+]c1ccc(NC)c(O)c1. The molecule has 0 heterocycles. The molecule has 3 heteroatoms. The second-order valence-electron chi connectivity index (χ2n) is 2.06. The maximum Gasteiger partial charge on any atom is 0.191 e. The number of nitrogens with zero attached hydrogens (tertiary/aromatic N) is 1. The molecule has 0 atom stereocenters. The molecule has 11 heavy (non-hydrogen) atoms. The monoisotopic (exact) mass is 148 g/mol. The smallest absolute Gasteiger partial charge is 0.191 e. The highest BCUT2D eigenvalue weighted by atomic mass is 16.3. The van der Waals surface area contributed by atoms with Gasteiger partial charge in [-0.3, -0.25) is 0 Å². The summed E-state index contributed by atoms with van der Waals surface area (Å²) in [5.74, 6) is 0.112. The van der Waals surface area contributed by atoms with E-state index in [1.807, 2.05) is 0 Å². The molecule has 0 saturated carbocycles. The van der Waals surface area contributed by atoms with Crippen LogP contribution in [0.4, 0.5) is 11.4 Å². The molecule has 1 rings (SSSR count). The average molecular weight is 148 g/mol. The van der Waals surface area contributed by atoms with E-state index < -0.39 is 0 Å². The number of hydrogen-bond acceptors (Lipinski definition) is 2. The molecule has 1 aromatic rings. The lowest BCUT2D eigenvalue weighted by atomic mass is 10.2. The van der Waals surface area contributed by atoms with Crippen LogP contribution in [0.25, 0.3) is 4.85 Å². The third kappa shape index (κ3) is 1.41. The van der Waals surface area contributed by atoms with Crippen LogP contribution in [-0.4, -0.2) is 12.2 Å². The van der Waals surface area contributed by atoms with Gasteiger partial charge in [-0.05, 0) is 12.1 Å². The number of benzene rings is 1. The first-order chi connectivity index (χ1) is 5.27. The average Bonchev–Trinajstić information content (AvgIpc) is 2.04. The van der Waals surface area contributed by atoms with Gasteiger partial charge in [0.15, 0.2) is 5.69 Å². The minimum Gasteiger partial charge on any atom is -0.507 e. The number of phenolic OH excluding ortho intramolecular Hbond substituents is 1. The Morgan fingerprint density at radius 3 is 2.73 bits per heavy atom. The molecule has 0 spiro atoms. The molecule has 1 aromatic carbocycles. The van der Waals surface area contributed by atoms with Gasteiger partial charge < -0.3 is 10.4 Å². The van der Waals surface area contributed by atoms with Crippen LogP contribution in [0.2, 0.25) is 0 Å². The molecule has 0 aliphatic rings. The molecule has 0 bridgehead atoms. The topological polar surface area (TPSA) is 36.6 Å². The van der Waals surface area contributed by atoms with E-state index in [0.717, 1.165) is 0 Å². The second kappa shape index (κ2) is 2.93. The van der Waals surface area contributed by atoms with Crippen molar-refractivity contribution in [3.63, 3.8) is 0 Å². The molecular formula is C8H8N2O. The highest BCUT2D eigenvalue weighted by Gasteiger charge is 1.98. The van der Waals surface area contributed by atoms with Gasteiger partial charge in [0.05, 0.1) is 12.3 Å². The Hall–Kier alpha value is -1.69. The fourth-order valence-electron chi connectivity index (χ4n) is 0.801. The summed E-state index contributed by atoms with van der Waals surface area (Å²) >= 11 is 0. The van der Waals surface area contributed by atoms with Crippen molar-refractivity contribution in [3.8, 4) is 5.75 Å². The minimum atomic E-state index is 0.112. The van der Waals surface area contributed by atoms with E-state index in [-0.39, 0.29) is 5.75 Å². The van der Waals surface area contributed by atoms with Crippen LogP contribution in [0.1, 0.15) is 0 Å². The molecule has 0 radical (unpaired) electrons. The highest BCUT2D eigenvalue weighted by Crippen LogP contribution is 2.27. The maximum absolute atomic E-state index is 9.22. The van der Waals surface area contributed by atoms with E-state index >= 15 is 0 Å². The fourth-order valence-corrected chi connectivity index (χ4v) is 0.801. The fraction of sp³-hybridized carbons (Fsp3) is 0.125. The van der Waals surface area contributed by atoms with Crippen LogP contribution in [0, 0.1) is 6.57 Å². The maximum atomic E-state index is 9.22. The van der Waals surface area contributed by atoms with Gasteiger partial charge >= 0.3 is 0 Å². The third-order valence-electron chi connectivity index (χ3n) is 1.38. The zero-order valence-electron chi connectivity index (χ0n) is 6.13. The Morgan fingerprint density at radius 1 is 1.55 bits per heavy atom. The largest absolute Gasteiger partial charge is 0.507 e. The van der Waals surface area contributed by atoms with Crippen molar-refractivity contribution in [1.82, 2.24) is 0 Å². The van der Waals surface area contributed by atoms with Gasteiger partial charge in [0.25, 0.3) is 0 Å². The van der Waals surface area contributed by atoms with Crippen LogP contribution >= 0.6 is 0 Å². The van der Waals surface area contributed by atoms with E-state index in [4.69, 9.17) is 6.57 Å². The Balaban J connectivity index is 3.12. The van der Waals surface area contributed by atoms with Crippen LogP contribution < -0.4 is 5.32 Å². The van der Waals surface area contributed by atoms with Gasteiger partial charge in [-0.2, -0.15) is 0 Å².